The molecule has 1 heterocycles. The van der Waals surface area contributed by atoms with Crippen molar-refractivity contribution in [3.05, 3.63) is 63.3 Å². The highest BCUT2D eigenvalue weighted by molar-refractivity contribution is 5.96. The van der Waals surface area contributed by atoms with Crippen molar-refractivity contribution < 1.29 is 19.2 Å². The molecule has 3 rings (SSSR count). The third kappa shape index (κ3) is 3.75. The lowest BCUT2D eigenvalue weighted by Crippen LogP contribution is -2.12. The number of amides is 1. The number of nitrogens with one attached hydrogen (secondary N) is 1. The second kappa shape index (κ2) is 7.74. The zero-order valence-electron chi connectivity index (χ0n) is 15.1. The Morgan fingerprint density at radius 3 is 2.64 bits per heavy atom. The Hall–Kier alpha value is -3.95. The number of hydrogen-bond donors (Lipinski definition) is 2. The quantitative estimate of drug-likeness (QED) is 0.470. The van der Waals surface area contributed by atoms with Crippen LogP contribution in [0.5, 0.6) is 11.5 Å². The molecule has 10 heteroatoms. The van der Waals surface area contributed by atoms with Crippen molar-refractivity contribution in [2.24, 2.45) is 5.73 Å². The van der Waals surface area contributed by atoms with Gasteiger partial charge in [0.05, 0.1) is 12.0 Å². The lowest BCUT2D eigenvalue weighted by Gasteiger charge is -2.12. The molecular weight excluding hydrogens is 366 g/mol. The number of nitro benzene ring substituents is 1. The minimum Gasteiger partial charge on any atom is -0.496 e. The summed E-state index contributed by atoms with van der Waals surface area (Å²) < 4.78 is 11.0. The Bertz CT molecular complexity index is 1050. The van der Waals surface area contributed by atoms with E-state index in [1.165, 1.54) is 13.2 Å². The second-order valence-electron chi connectivity index (χ2n) is 5.93. The van der Waals surface area contributed by atoms with Crippen molar-refractivity contribution in [2.45, 2.75) is 13.5 Å². The van der Waals surface area contributed by atoms with E-state index in [4.69, 9.17) is 15.2 Å². The first kappa shape index (κ1) is 18.8. The maximum atomic E-state index is 11.5. The van der Waals surface area contributed by atoms with Gasteiger partial charge in [0.15, 0.2) is 11.4 Å². The Kier molecular flexibility index (Phi) is 5.21. The van der Waals surface area contributed by atoms with Crippen LogP contribution < -0.4 is 15.2 Å². The summed E-state index contributed by atoms with van der Waals surface area (Å²) in [5.41, 5.74) is 7.41. The molecule has 10 nitrogen and oxygen atoms in total. The normalized spacial score (nSPS) is 10.5. The predicted octanol–water partition coefficient (Wildman–Crippen LogP) is 2.37. The summed E-state index contributed by atoms with van der Waals surface area (Å²) in [6.07, 6.45) is 0. The monoisotopic (exact) mass is 383 g/mol. The number of rotatable bonds is 7. The number of hydrogen-bond acceptors (Lipinski definition) is 7. The minimum absolute atomic E-state index is 0.00463. The number of aromatic amines is 1. The zero-order valence-corrected chi connectivity index (χ0v) is 15.1. The Balaban J connectivity index is 1.93. The molecule has 0 atom stereocenters. The van der Waals surface area contributed by atoms with Crippen molar-refractivity contribution in [3.63, 3.8) is 0 Å². The van der Waals surface area contributed by atoms with E-state index < -0.39 is 10.8 Å². The Morgan fingerprint density at radius 2 is 1.96 bits per heavy atom. The van der Waals surface area contributed by atoms with E-state index in [1.54, 1.807) is 37.3 Å². The summed E-state index contributed by atoms with van der Waals surface area (Å²) in [6.45, 7) is 1.77. The van der Waals surface area contributed by atoms with Gasteiger partial charge in [0.2, 0.25) is 0 Å². The number of methoxy groups -OCH3 is 1. The molecule has 3 aromatic rings. The van der Waals surface area contributed by atoms with Crippen LogP contribution in [0, 0.1) is 17.0 Å². The lowest BCUT2D eigenvalue weighted by atomic mass is 10.1. The van der Waals surface area contributed by atoms with Gasteiger partial charge in [-0.3, -0.25) is 14.9 Å². The van der Waals surface area contributed by atoms with Crippen molar-refractivity contribution in [1.29, 1.82) is 0 Å². The van der Waals surface area contributed by atoms with Crippen molar-refractivity contribution in [1.82, 2.24) is 15.4 Å². The molecular formula is C18H17N5O5. The Morgan fingerprint density at radius 1 is 1.21 bits per heavy atom. The molecule has 0 aliphatic rings. The molecule has 28 heavy (non-hydrogen) atoms. The lowest BCUT2D eigenvalue weighted by molar-refractivity contribution is -0.386. The molecule has 144 valence electrons. The summed E-state index contributed by atoms with van der Waals surface area (Å²) in [7, 11) is 1.50. The molecule has 0 saturated heterocycles. The van der Waals surface area contributed by atoms with Crippen LogP contribution in [0.4, 0.5) is 5.69 Å². The summed E-state index contributed by atoms with van der Waals surface area (Å²) in [5.74, 6) is -0.0578. The van der Waals surface area contributed by atoms with E-state index >= 15 is 0 Å². The number of ether oxygens (including phenoxy) is 2. The number of nitro groups is 1. The molecule has 0 bridgehead atoms. The van der Waals surface area contributed by atoms with Gasteiger partial charge in [0.1, 0.15) is 18.1 Å². The van der Waals surface area contributed by atoms with E-state index in [0.29, 0.717) is 16.9 Å². The highest BCUT2D eigenvalue weighted by Gasteiger charge is 2.19. The standard InChI is InChI=1S/C18H17N5O5/c1-10-3-5-15(13(7-10)23(25)26)28-9-12-8-11(4-6-14(12)27-2)16-17(18(19)24)21-22-20-16/h3-8H,9H2,1-2H3,(H2,19,24)(H,20,21,22). The zero-order chi connectivity index (χ0) is 20.3. The SMILES string of the molecule is COc1ccc(-c2n[nH]nc2C(N)=O)cc1COc1ccc(C)cc1[N+](=O)[O-]. The van der Waals surface area contributed by atoms with E-state index in [1.807, 2.05) is 0 Å². The van der Waals surface area contributed by atoms with Crippen molar-refractivity contribution in [2.75, 3.05) is 7.11 Å². The summed E-state index contributed by atoms with van der Waals surface area (Å²) >= 11 is 0. The van der Waals surface area contributed by atoms with Crippen molar-refractivity contribution in [3.8, 4) is 22.8 Å². The number of nitrogens with two attached hydrogens (primary N) is 1. The molecule has 0 spiro atoms. The first-order chi connectivity index (χ1) is 13.4. The molecule has 3 N–H and O–H groups in total. The number of benzene rings is 2. The van der Waals surface area contributed by atoms with Gasteiger partial charge < -0.3 is 15.2 Å². The molecule has 0 aliphatic carbocycles. The van der Waals surface area contributed by atoms with Crippen LogP contribution in [0.15, 0.2) is 36.4 Å². The molecule has 0 fully saturated rings. The average molecular weight is 383 g/mol. The van der Waals surface area contributed by atoms with Gasteiger partial charge in [-0.15, -0.1) is 0 Å². The van der Waals surface area contributed by atoms with Crippen LogP contribution in [0.2, 0.25) is 0 Å². The fourth-order valence-corrected chi connectivity index (χ4v) is 2.69. The fraction of sp³-hybridized carbons (Fsp3) is 0.167. The highest BCUT2D eigenvalue weighted by Crippen LogP contribution is 2.31. The number of aromatic nitrogens is 3. The van der Waals surface area contributed by atoms with Gasteiger partial charge >= 0.3 is 5.69 Å². The molecule has 0 saturated carbocycles. The molecule has 1 aromatic heterocycles. The van der Waals surface area contributed by atoms with Crippen molar-refractivity contribution >= 4 is 11.6 Å². The van der Waals surface area contributed by atoms with Gasteiger partial charge in [-0.1, -0.05) is 6.07 Å². The van der Waals surface area contributed by atoms with Gasteiger partial charge in [-0.05, 0) is 36.8 Å². The molecule has 0 aliphatic heterocycles. The fourth-order valence-electron chi connectivity index (χ4n) is 2.69. The molecule has 0 unspecified atom stereocenters. The van der Waals surface area contributed by atoms with Crippen LogP contribution in [-0.2, 0) is 6.61 Å². The number of aryl methyl sites for hydroxylation is 1. The molecule has 1 amide bonds. The minimum atomic E-state index is -0.715. The van der Waals surface area contributed by atoms with E-state index in [-0.39, 0.29) is 29.4 Å². The number of primary amides is 1. The summed E-state index contributed by atoms with van der Waals surface area (Å²) in [4.78, 5) is 22.3. The van der Waals surface area contributed by atoms with E-state index in [9.17, 15) is 14.9 Å². The summed E-state index contributed by atoms with van der Waals surface area (Å²) in [5, 5.41) is 21.3. The maximum absolute atomic E-state index is 11.5. The second-order valence-corrected chi connectivity index (χ2v) is 5.93. The average Bonchev–Trinajstić information content (AvgIpc) is 3.17. The van der Waals surface area contributed by atoms with E-state index in [2.05, 4.69) is 15.4 Å². The first-order valence-corrected chi connectivity index (χ1v) is 8.16. The topological polar surface area (TPSA) is 146 Å². The largest absolute Gasteiger partial charge is 0.496 e. The van der Waals surface area contributed by atoms with Crippen LogP contribution in [-0.4, -0.2) is 33.4 Å². The van der Waals surface area contributed by atoms with Crippen LogP contribution in [0.3, 0.4) is 0 Å². The summed E-state index contributed by atoms with van der Waals surface area (Å²) in [6, 6.07) is 9.79. The van der Waals surface area contributed by atoms with Crippen LogP contribution >= 0.6 is 0 Å². The Labute approximate surface area is 159 Å². The van der Waals surface area contributed by atoms with Gasteiger partial charge in [-0.2, -0.15) is 15.4 Å². The van der Waals surface area contributed by atoms with Gasteiger partial charge in [-0.25, -0.2) is 0 Å². The number of nitrogens with zero attached hydrogens (tertiary/aromatic N) is 3. The van der Waals surface area contributed by atoms with E-state index in [0.717, 1.165) is 5.56 Å². The number of carbonyl (C=O) groups is 1. The molecule has 2 aromatic carbocycles. The third-order valence-corrected chi connectivity index (χ3v) is 4.03. The smallest absolute Gasteiger partial charge is 0.311 e. The predicted molar refractivity (Wildman–Crippen MR) is 99.1 cm³/mol. The first-order valence-electron chi connectivity index (χ1n) is 8.16. The number of H-pyrrole nitrogens is 1. The maximum Gasteiger partial charge on any atom is 0.311 e. The van der Waals surface area contributed by atoms with Gasteiger partial charge in [0, 0.05) is 17.2 Å². The van der Waals surface area contributed by atoms with Crippen LogP contribution in [0.25, 0.3) is 11.3 Å². The third-order valence-electron chi connectivity index (χ3n) is 4.03. The highest BCUT2D eigenvalue weighted by atomic mass is 16.6. The van der Waals surface area contributed by atoms with Crippen LogP contribution in [0.1, 0.15) is 21.6 Å². The molecule has 0 radical (unpaired) electrons. The number of carbonyl (C=O) groups excluding carboxylic acids is 1. The van der Waals surface area contributed by atoms with Gasteiger partial charge in [0.25, 0.3) is 5.91 Å².